The SMILES string of the molecule is Cc1cccnc1CC(C)n1cc(-c2ccc(C(=O)O)cc2)nn1. The Hall–Kier alpha value is -3.02. The predicted molar refractivity (Wildman–Crippen MR) is 89.8 cm³/mol. The fourth-order valence-corrected chi connectivity index (χ4v) is 2.51. The lowest BCUT2D eigenvalue weighted by molar-refractivity contribution is 0.0697. The maximum Gasteiger partial charge on any atom is 0.335 e. The van der Waals surface area contributed by atoms with Crippen LogP contribution in [0.15, 0.2) is 48.8 Å². The molecule has 0 bridgehead atoms. The molecule has 0 aliphatic carbocycles. The van der Waals surface area contributed by atoms with Crippen molar-refractivity contribution < 1.29 is 9.90 Å². The minimum absolute atomic E-state index is 0.123. The van der Waals surface area contributed by atoms with Gasteiger partial charge >= 0.3 is 5.97 Å². The molecule has 0 amide bonds. The number of aromatic nitrogens is 4. The van der Waals surface area contributed by atoms with Crippen LogP contribution >= 0.6 is 0 Å². The van der Waals surface area contributed by atoms with Gasteiger partial charge in [-0.25, -0.2) is 9.48 Å². The molecular weight excluding hydrogens is 304 g/mol. The number of aromatic carboxylic acids is 1. The lowest BCUT2D eigenvalue weighted by atomic mass is 10.1. The summed E-state index contributed by atoms with van der Waals surface area (Å²) in [6, 6.07) is 10.7. The summed E-state index contributed by atoms with van der Waals surface area (Å²) in [6.45, 7) is 4.12. The first-order valence-electron chi connectivity index (χ1n) is 7.70. The molecule has 0 aliphatic heterocycles. The molecule has 1 unspecified atom stereocenters. The number of nitrogens with zero attached hydrogens (tertiary/aromatic N) is 4. The highest BCUT2D eigenvalue weighted by atomic mass is 16.4. The molecule has 1 atom stereocenters. The van der Waals surface area contributed by atoms with E-state index >= 15 is 0 Å². The molecule has 0 aliphatic rings. The van der Waals surface area contributed by atoms with Gasteiger partial charge < -0.3 is 5.11 Å². The van der Waals surface area contributed by atoms with Crippen LogP contribution in [0.2, 0.25) is 0 Å². The van der Waals surface area contributed by atoms with E-state index in [1.165, 1.54) is 0 Å². The van der Waals surface area contributed by atoms with Crippen LogP contribution in [-0.2, 0) is 6.42 Å². The van der Waals surface area contributed by atoms with Crippen molar-refractivity contribution in [2.45, 2.75) is 26.3 Å². The molecule has 6 nitrogen and oxygen atoms in total. The van der Waals surface area contributed by atoms with E-state index in [0.717, 1.165) is 28.9 Å². The van der Waals surface area contributed by atoms with Gasteiger partial charge in [0.2, 0.25) is 0 Å². The normalized spacial score (nSPS) is 12.1. The van der Waals surface area contributed by atoms with Crippen LogP contribution in [0, 0.1) is 6.92 Å². The Bertz CT molecular complexity index is 855. The van der Waals surface area contributed by atoms with Gasteiger partial charge in [0.15, 0.2) is 0 Å². The highest BCUT2D eigenvalue weighted by molar-refractivity contribution is 5.88. The summed E-state index contributed by atoms with van der Waals surface area (Å²) in [4.78, 5) is 15.3. The van der Waals surface area contributed by atoms with Crippen molar-refractivity contribution in [1.29, 1.82) is 0 Å². The molecule has 24 heavy (non-hydrogen) atoms. The van der Waals surface area contributed by atoms with Crippen molar-refractivity contribution in [1.82, 2.24) is 20.0 Å². The average molecular weight is 322 g/mol. The molecule has 1 aromatic carbocycles. The summed E-state index contributed by atoms with van der Waals surface area (Å²) < 4.78 is 1.81. The summed E-state index contributed by atoms with van der Waals surface area (Å²) in [5.41, 5.74) is 4.02. The van der Waals surface area contributed by atoms with Gasteiger partial charge in [0.25, 0.3) is 0 Å². The lowest BCUT2D eigenvalue weighted by Gasteiger charge is -2.12. The van der Waals surface area contributed by atoms with E-state index in [1.54, 1.807) is 30.5 Å². The number of rotatable bonds is 5. The second-order valence-electron chi connectivity index (χ2n) is 5.79. The first-order valence-corrected chi connectivity index (χ1v) is 7.70. The summed E-state index contributed by atoms with van der Waals surface area (Å²) in [5, 5.41) is 17.3. The molecule has 2 aromatic heterocycles. The van der Waals surface area contributed by atoms with Crippen LogP contribution < -0.4 is 0 Å². The van der Waals surface area contributed by atoms with Crippen molar-refractivity contribution in [3.8, 4) is 11.3 Å². The molecule has 122 valence electrons. The molecule has 0 spiro atoms. The van der Waals surface area contributed by atoms with Crippen molar-refractivity contribution in [2.24, 2.45) is 0 Å². The third kappa shape index (κ3) is 3.32. The Balaban J connectivity index is 1.77. The second-order valence-corrected chi connectivity index (χ2v) is 5.79. The lowest BCUT2D eigenvalue weighted by Crippen LogP contribution is -2.10. The zero-order valence-electron chi connectivity index (χ0n) is 13.5. The standard InChI is InChI=1S/C18H18N4O2/c1-12-4-3-9-19-16(12)10-13(2)22-11-17(20-21-22)14-5-7-15(8-6-14)18(23)24/h3-9,11,13H,10H2,1-2H3,(H,23,24). The maximum atomic E-state index is 10.9. The van der Waals surface area contributed by atoms with Gasteiger partial charge in [-0.05, 0) is 37.6 Å². The largest absolute Gasteiger partial charge is 0.478 e. The number of aryl methyl sites for hydroxylation is 1. The molecule has 1 N–H and O–H groups in total. The summed E-state index contributed by atoms with van der Waals surface area (Å²) in [5.74, 6) is -0.940. The number of hydrogen-bond donors (Lipinski definition) is 1. The van der Waals surface area contributed by atoms with Crippen molar-refractivity contribution in [3.63, 3.8) is 0 Å². The fraction of sp³-hybridized carbons (Fsp3) is 0.222. The first-order chi connectivity index (χ1) is 11.5. The molecule has 3 aromatic rings. The monoisotopic (exact) mass is 322 g/mol. The zero-order valence-corrected chi connectivity index (χ0v) is 13.5. The van der Waals surface area contributed by atoms with Crippen LogP contribution in [0.3, 0.4) is 0 Å². The Morgan fingerprint density at radius 2 is 2.00 bits per heavy atom. The molecule has 2 heterocycles. The number of pyridine rings is 1. The van der Waals surface area contributed by atoms with Gasteiger partial charge in [-0.3, -0.25) is 4.98 Å². The summed E-state index contributed by atoms with van der Waals surface area (Å²) in [6.07, 6.45) is 4.44. The van der Waals surface area contributed by atoms with Crippen molar-refractivity contribution in [3.05, 3.63) is 65.6 Å². The van der Waals surface area contributed by atoms with Gasteiger partial charge in [-0.15, -0.1) is 5.10 Å². The number of carboxylic acids is 1. The van der Waals surface area contributed by atoms with Gasteiger partial charge in [0.05, 0.1) is 17.8 Å². The Kier molecular flexibility index (Phi) is 4.37. The molecule has 0 saturated heterocycles. The van der Waals surface area contributed by atoms with Gasteiger partial charge in [-0.2, -0.15) is 0 Å². The molecule has 0 radical (unpaired) electrons. The van der Waals surface area contributed by atoms with Crippen molar-refractivity contribution >= 4 is 5.97 Å². The zero-order chi connectivity index (χ0) is 17.1. The Labute approximate surface area is 139 Å². The Morgan fingerprint density at radius 1 is 1.25 bits per heavy atom. The van der Waals surface area contributed by atoms with Gasteiger partial charge in [0, 0.05) is 23.9 Å². The van der Waals surface area contributed by atoms with Gasteiger partial charge in [-0.1, -0.05) is 23.4 Å². The molecular formula is C18H18N4O2. The minimum Gasteiger partial charge on any atom is -0.478 e. The molecule has 0 fully saturated rings. The molecule has 0 saturated carbocycles. The van der Waals surface area contributed by atoms with E-state index in [4.69, 9.17) is 5.11 Å². The third-order valence-electron chi connectivity index (χ3n) is 4.00. The average Bonchev–Trinajstić information content (AvgIpc) is 3.07. The number of benzene rings is 1. The predicted octanol–water partition coefficient (Wildman–Crippen LogP) is 3.15. The Morgan fingerprint density at radius 3 is 2.67 bits per heavy atom. The fourth-order valence-electron chi connectivity index (χ4n) is 2.51. The third-order valence-corrected chi connectivity index (χ3v) is 4.00. The van der Waals surface area contributed by atoms with E-state index in [1.807, 2.05) is 29.9 Å². The second kappa shape index (κ2) is 6.62. The van der Waals surface area contributed by atoms with E-state index in [9.17, 15) is 4.79 Å². The maximum absolute atomic E-state index is 10.9. The van der Waals surface area contributed by atoms with Gasteiger partial charge in [0.1, 0.15) is 5.69 Å². The van der Waals surface area contributed by atoms with E-state index in [0.29, 0.717) is 0 Å². The van der Waals surface area contributed by atoms with Crippen LogP contribution in [0.5, 0.6) is 0 Å². The highest BCUT2D eigenvalue weighted by Crippen LogP contribution is 2.20. The quantitative estimate of drug-likeness (QED) is 0.780. The minimum atomic E-state index is -0.940. The first kappa shape index (κ1) is 15.9. The summed E-state index contributed by atoms with van der Waals surface area (Å²) in [7, 11) is 0. The number of carboxylic acid groups (broad SMARTS) is 1. The number of hydrogen-bond acceptors (Lipinski definition) is 4. The van der Waals surface area contributed by atoms with Crippen molar-refractivity contribution in [2.75, 3.05) is 0 Å². The van der Waals surface area contributed by atoms with Crippen LogP contribution in [-0.4, -0.2) is 31.1 Å². The van der Waals surface area contributed by atoms with E-state index in [2.05, 4.69) is 22.2 Å². The van der Waals surface area contributed by atoms with E-state index < -0.39 is 5.97 Å². The smallest absolute Gasteiger partial charge is 0.335 e. The molecule has 6 heteroatoms. The van der Waals surface area contributed by atoms with Crippen LogP contribution in [0.4, 0.5) is 0 Å². The topological polar surface area (TPSA) is 80.9 Å². The van der Waals surface area contributed by atoms with E-state index in [-0.39, 0.29) is 11.6 Å². The number of carbonyl (C=O) groups is 1. The molecule has 3 rings (SSSR count). The highest BCUT2D eigenvalue weighted by Gasteiger charge is 2.12. The van der Waals surface area contributed by atoms with Crippen LogP contribution in [0.1, 0.15) is 34.6 Å². The van der Waals surface area contributed by atoms with Crippen LogP contribution in [0.25, 0.3) is 11.3 Å². The summed E-state index contributed by atoms with van der Waals surface area (Å²) >= 11 is 0.